The third-order valence-electron chi connectivity index (χ3n) is 5.51. The van der Waals surface area contributed by atoms with Crippen LogP contribution < -0.4 is 4.74 Å². The quantitative estimate of drug-likeness (QED) is 0.512. The lowest BCUT2D eigenvalue weighted by atomic mass is 10.0. The molecular weight excluding hydrogens is 466 g/mol. The summed E-state index contributed by atoms with van der Waals surface area (Å²) in [6.07, 6.45) is -0.567. The number of hydrogen-bond donors (Lipinski definition) is 1. The van der Waals surface area contributed by atoms with E-state index in [2.05, 4.69) is 52.0 Å². The average molecular weight is 493 g/mol. The molecule has 0 aliphatic carbocycles. The standard InChI is InChI=1S/C24H26BrNO3.ClH/c1-17-24(19-9-11-20(25)12-10-19)28-14-13-26(17)15-21(27)16-29-23-8-4-6-18-5-2-3-7-22(18)23;/h2-12,17,21,24,27H,13-16H2,1H3;1H. The van der Waals surface area contributed by atoms with Crippen molar-refractivity contribution in [1.82, 2.24) is 4.90 Å². The minimum atomic E-state index is -0.569. The number of aliphatic hydroxyl groups excluding tert-OH is 1. The van der Waals surface area contributed by atoms with Gasteiger partial charge < -0.3 is 14.6 Å². The average Bonchev–Trinajstić information content (AvgIpc) is 2.74. The molecule has 1 N–H and O–H groups in total. The zero-order valence-electron chi connectivity index (χ0n) is 16.9. The Hall–Kier alpha value is -1.63. The van der Waals surface area contributed by atoms with Crippen LogP contribution in [0.25, 0.3) is 10.8 Å². The van der Waals surface area contributed by atoms with Crippen LogP contribution in [0.5, 0.6) is 5.75 Å². The molecule has 3 aromatic carbocycles. The molecule has 3 unspecified atom stereocenters. The number of aliphatic hydroxyl groups is 1. The minimum Gasteiger partial charge on any atom is -0.490 e. The van der Waals surface area contributed by atoms with E-state index in [9.17, 15) is 5.11 Å². The highest BCUT2D eigenvalue weighted by molar-refractivity contribution is 9.10. The van der Waals surface area contributed by atoms with Gasteiger partial charge in [0.1, 0.15) is 18.5 Å². The van der Waals surface area contributed by atoms with E-state index in [4.69, 9.17) is 9.47 Å². The largest absolute Gasteiger partial charge is 0.490 e. The van der Waals surface area contributed by atoms with Gasteiger partial charge in [0.2, 0.25) is 0 Å². The topological polar surface area (TPSA) is 41.9 Å². The first-order valence-electron chi connectivity index (χ1n) is 10.0. The van der Waals surface area contributed by atoms with Crippen molar-refractivity contribution in [3.05, 3.63) is 76.8 Å². The third kappa shape index (κ3) is 5.34. The zero-order chi connectivity index (χ0) is 20.2. The Bertz CT molecular complexity index is 947. The lowest BCUT2D eigenvalue weighted by molar-refractivity contribution is -0.0804. The second kappa shape index (κ2) is 10.6. The van der Waals surface area contributed by atoms with Crippen molar-refractivity contribution < 1.29 is 14.6 Å². The van der Waals surface area contributed by atoms with E-state index in [-0.39, 0.29) is 31.2 Å². The minimum absolute atomic E-state index is 0. The second-order valence-electron chi connectivity index (χ2n) is 7.52. The van der Waals surface area contributed by atoms with Gasteiger partial charge in [-0.2, -0.15) is 0 Å². The van der Waals surface area contributed by atoms with E-state index in [1.807, 2.05) is 42.5 Å². The van der Waals surface area contributed by atoms with Gasteiger partial charge in [-0.1, -0.05) is 64.5 Å². The van der Waals surface area contributed by atoms with E-state index in [0.717, 1.165) is 33.1 Å². The van der Waals surface area contributed by atoms with Crippen molar-refractivity contribution in [3.8, 4) is 5.75 Å². The first kappa shape index (κ1) is 23.0. The van der Waals surface area contributed by atoms with Crippen LogP contribution in [-0.2, 0) is 4.74 Å². The van der Waals surface area contributed by atoms with Gasteiger partial charge in [0.05, 0.1) is 12.7 Å². The van der Waals surface area contributed by atoms with Gasteiger partial charge in [0.25, 0.3) is 0 Å². The van der Waals surface area contributed by atoms with Crippen molar-refractivity contribution in [2.75, 3.05) is 26.3 Å². The fourth-order valence-electron chi connectivity index (χ4n) is 3.95. The molecule has 0 amide bonds. The number of morpholine rings is 1. The van der Waals surface area contributed by atoms with Crippen molar-refractivity contribution in [2.24, 2.45) is 0 Å². The Labute approximate surface area is 192 Å². The molecule has 1 saturated heterocycles. The highest BCUT2D eigenvalue weighted by atomic mass is 79.9. The maximum atomic E-state index is 10.6. The Morgan fingerprint density at radius 2 is 1.83 bits per heavy atom. The number of benzene rings is 3. The molecule has 1 fully saturated rings. The van der Waals surface area contributed by atoms with Gasteiger partial charge in [0.15, 0.2) is 0 Å². The molecule has 6 heteroatoms. The van der Waals surface area contributed by atoms with Gasteiger partial charge in [-0.05, 0) is 36.1 Å². The number of halogens is 2. The van der Waals surface area contributed by atoms with Crippen LogP contribution in [0.1, 0.15) is 18.6 Å². The molecule has 0 bridgehead atoms. The first-order chi connectivity index (χ1) is 14.1. The molecule has 1 aliphatic rings. The van der Waals surface area contributed by atoms with Crippen LogP contribution >= 0.6 is 28.3 Å². The van der Waals surface area contributed by atoms with Crippen molar-refractivity contribution >= 4 is 39.1 Å². The summed E-state index contributed by atoms with van der Waals surface area (Å²) in [5.41, 5.74) is 1.16. The summed E-state index contributed by atoms with van der Waals surface area (Å²) in [7, 11) is 0. The van der Waals surface area contributed by atoms with Crippen molar-refractivity contribution in [1.29, 1.82) is 0 Å². The van der Waals surface area contributed by atoms with Crippen LogP contribution in [0.3, 0.4) is 0 Å². The maximum absolute atomic E-state index is 10.6. The first-order valence-corrected chi connectivity index (χ1v) is 10.8. The Kier molecular flexibility index (Phi) is 8.14. The zero-order valence-corrected chi connectivity index (χ0v) is 19.3. The number of ether oxygens (including phenoxy) is 2. The van der Waals surface area contributed by atoms with Gasteiger partial charge in [-0.15, -0.1) is 12.4 Å². The molecule has 3 atom stereocenters. The fourth-order valence-corrected chi connectivity index (χ4v) is 4.21. The number of β-amino-alcohol motifs (C(OH)–C–C–N with tert-alkyl or cyclic N) is 1. The molecule has 1 heterocycles. The lowest BCUT2D eigenvalue weighted by Crippen LogP contribution is -2.49. The van der Waals surface area contributed by atoms with E-state index in [1.54, 1.807) is 0 Å². The van der Waals surface area contributed by atoms with Crippen molar-refractivity contribution in [3.63, 3.8) is 0 Å². The maximum Gasteiger partial charge on any atom is 0.127 e. The van der Waals surface area contributed by atoms with Crippen LogP contribution in [0.15, 0.2) is 71.2 Å². The van der Waals surface area contributed by atoms with E-state index >= 15 is 0 Å². The predicted molar refractivity (Wildman–Crippen MR) is 127 cm³/mol. The molecule has 160 valence electrons. The highest BCUT2D eigenvalue weighted by Gasteiger charge is 2.31. The number of nitrogens with zero attached hydrogens (tertiary/aromatic N) is 1. The number of rotatable bonds is 6. The van der Waals surface area contributed by atoms with Gasteiger partial charge in [-0.3, -0.25) is 4.90 Å². The van der Waals surface area contributed by atoms with Crippen LogP contribution in [0.4, 0.5) is 0 Å². The summed E-state index contributed by atoms with van der Waals surface area (Å²) in [5, 5.41) is 12.8. The molecule has 0 aromatic heterocycles. The monoisotopic (exact) mass is 491 g/mol. The normalized spacial score (nSPS) is 20.5. The molecule has 4 rings (SSSR count). The van der Waals surface area contributed by atoms with Crippen LogP contribution in [0, 0.1) is 0 Å². The van der Waals surface area contributed by atoms with Crippen LogP contribution in [0.2, 0.25) is 0 Å². The summed E-state index contributed by atoms with van der Waals surface area (Å²) >= 11 is 3.48. The van der Waals surface area contributed by atoms with Gasteiger partial charge in [0, 0.05) is 29.0 Å². The van der Waals surface area contributed by atoms with E-state index in [0.29, 0.717) is 13.2 Å². The molecular formula is C24H27BrClNO3. The van der Waals surface area contributed by atoms with Gasteiger partial charge in [-0.25, -0.2) is 0 Å². The predicted octanol–water partition coefficient (Wildman–Crippen LogP) is 5.23. The summed E-state index contributed by atoms with van der Waals surface area (Å²) in [4.78, 5) is 2.29. The molecule has 1 aliphatic heterocycles. The molecule has 30 heavy (non-hydrogen) atoms. The fraction of sp³-hybridized carbons (Fsp3) is 0.333. The Balaban J connectivity index is 0.00000256. The Morgan fingerprint density at radius 1 is 1.10 bits per heavy atom. The highest BCUT2D eigenvalue weighted by Crippen LogP contribution is 2.30. The van der Waals surface area contributed by atoms with Crippen molar-refractivity contribution in [2.45, 2.75) is 25.2 Å². The summed E-state index contributed by atoms with van der Waals surface area (Å²) in [6.45, 7) is 4.44. The molecule has 0 spiro atoms. The second-order valence-corrected chi connectivity index (χ2v) is 8.44. The lowest BCUT2D eigenvalue weighted by Gasteiger charge is -2.40. The van der Waals surface area contributed by atoms with Gasteiger partial charge >= 0.3 is 0 Å². The Morgan fingerprint density at radius 3 is 2.63 bits per heavy atom. The summed E-state index contributed by atoms with van der Waals surface area (Å²) in [6, 6.07) is 22.6. The summed E-state index contributed by atoms with van der Waals surface area (Å²) < 4.78 is 13.1. The number of hydrogen-bond acceptors (Lipinski definition) is 4. The smallest absolute Gasteiger partial charge is 0.127 e. The summed E-state index contributed by atoms with van der Waals surface area (Å²) in [5.74, 6) is 0.810. The molecule has 4 nitrogen and oxygen atoms in total. The SMILES string of the molecule is CC1C(c2ccc(Br)cc2)OCCN1CC(O)COc1cccc2ccccc12.Cl. The van der Waals surface area contributed by atoms with E-state index in [1.165, 1.54) is 0 Å². The third-order valence-corrected chi connectivity index (χ3v) is 6.04. The molecule has 0 saturated carbocycles. The number of fused-ring (bicyclic) bond motifs is 1. The molecule has 3 aromatic rings. The van der Waals surface area contributed by atoms with Crippen LogP contribution in [-0.4, -0.2) is 48.5 Å². The van der Waals surface area contributed by atoms with E-state index < -0.39 is 6.10 Å². The molecule has 0 radical (unpaired) electrons.